The van der Waals surface area contributed by atoms with E-state index in [9.17, 15) is 9.90 Å². The van der Waals surface area contributed by atoms with E-state index in [1.165, 1.54) is 0 Å². The maximum atomic E-state index is 11.0. The number of carbonyl (C=O) groups is 1. The Morgan fingerprint density at radius 1 is 1.00 bits per heavy atom. The van der Waals surface area contributed by atoms with Crippen molar-refractivity contribution in [3.8, 4) is 17.2 Å². The Labute approximate surface area is 192 Å². The zero-order valence-electron chi connectivity index (χ0n) is 16.7. The van der Waals surface area contributed by atoms with Gasteiger partial charge in [-0.1, -0.05) is 44.2 Å². The second kappa shape index (κ2) is 9.67. The minimum atomic E-state index is -0.895. The molecule has 3 aromatic carbocycles. The van der Waals surface area contributed by atoms with Gasteiger partial charge in [-0.3, -0.25) is 4.79 Å². The van der Waals surface area contributed by atoms with Crippen molar-refractivity contribution in [1.29, 1.82) is 0 Å². The first-order valence-electron chi connectivity index (χ1n) is 9.52. The molecule has 0 saturated heterocycles. The van der Waals surface area contributed by atoms with Gasteiger partial charge >= 0.3 is 5.97 Å². The zero-order valence-corrected chi connectivity index (χ0v) is 19.8. The highest BCUT2D eigenvalue weighted by molar-refractivity contribution is 9.11. The summed E-state index contributed by atoms with van der Waals surface area (Å²) in [6, 6.07) is 17.1. The summed E-state index contributed by atoms with van der Waals surface area (Å²) < 4.78 is 7.47. The van der Waals surface area contributed by atoms with Gasteiger partial charge in [0.2, 0.25) is 0 Å². The highest BCUT2D eigenvalue weighted by Crippen LogP contribution is 2.41. The van der Waals surface area contributed by atoms with E-state index in [1.807, 2.05) is 56.3 Å². The predicted molar refractivity (Wildman–Crippen MR) is 125 cm³/mol. The summed E-state index contributed by atoms with van der Waals surface area (Å²) in [5.74, 6) is 0.669. The molecule has 3 aromatic rings. The van der Waals surface area contributed by atoms with Crippen LogP contribution in [0.2, 0.25) is 0 Å². The number of rotatable bonds is 7. The standard InChI is InChI=1S/C24H22Br2O4/c1-14(2)19-13-18(12-17(23(19)29)8-15-6-4-3-5-7-15)30-24-20(25)9-16(10-21(24)26)11-22(27)28/h3-7,9-10,12-14,29H,8,11H2,1-2H3,(H,27,28). The number of phenolic OH excluding ortho intramolecular Hbond substituents is 1. The van der Waals surface area contributed by atoms with Crippen LogP contribution in [0.3, 0.4) is 0 Å². The number of benzene rings is 3. The van der Waals surface area contributed by atoms with Crippen molar-refractivity contribution in [1.82, 2.24) is 0 Å². The third-order valence-corrected chi connectivity index (χ3v) is 5.86. The summed E-state index contributed by atoms with van der Waals surface area (Å²) in [5.41, 5.74) is 3.36. The monoisotopic (exact) mass is 532 g/mol. The first-order valence-corrected chi connectivity index (χ1v) is 11.1. The molecule has 0 heterocycles. The number of aliphatic carboxylic acids is 1. The van der Waals surface area contributed by atoms with Gasteiger partial charge in [-0.15, -0.1) is 0 Å². The van der Waals surface area contributed by atoms with Crippen molar-refractivity contribution in [3.05, 3.63) is 85.8 Å². The maximum Gasteiger partial charge on any atom is 0.307 e. The van der Waals surface area contributed by atoms with Gasteiger partial charge in [0.1, 0.15) is 11.5 Å². The van der Waals surface area contributed by atoms with Crippen LogP contribution in [-0.4, -0.2) is 16.2 Å². The molecule has 6 heteroatoms. The van der Waals surface area contributed by atoms with E-state index < -0.39 is 5.97 Å². The van der Waals surface area contributed by atoms with Crippen LogP contribution >= 0.6 is 31.9 Å². The minimum absolute atomic E-state index is 0.0740. The summed E-state index contributed by atoms with van der Waals surface area (Å²) in [6.07, 6.45) is 0.513. The van der Waals surface area contributed by atoms with Crippen LogP contribution in [0.15, 0.2) is 63.5 Å². The summed E-state index contributed by atoms with van der Waals surface area (Å²) in [7, 11) is 0. The Hall–Kier alpha value is -2.31. The molecular formula is C24H22Br2O4. The van der Waals surface area contributed by atoms with Crippen LogP contribution in [0.25, 0.3) is 0 Å². The quantitative estimate of drug-likeness (QED) is 0.341. The molecule has 0 spiro atoms. The topological polar surface area (TPSA) is 66.8 Å². The number of hydrogen-bond acceptors (Lipinski definition) is 3. The largest absolute Gasteiger partial charge is 0.507 e. The van der Waals surface area contributed by atoms with Gasteiger partial charge < -0.3 is 14.9 Å². The molecule has 156 valence electrons. The van der Waals surface area contributed by atoms with Crippen LogP contribution < -0.4 is 4.74 Å². The van der Waals surface area contributed by atoms with Crippen LogP contribution in [0.1, 0.15) is 42.0 Å². The van der Waals surface area contributed by atoms with E-state index in [-0.39, 0.29) is 18.1 Å². The Balaban J connectivity index is 1.99. The fourth-order valence-corrected chi connectivity index (χ4v) is 4.69. The molecule has 0 aliphatic heterocycles. The molecule has 0 atom stereocenters. The molecule has 0 aliphatic carbocycles. The molecule has 0 aliphatic rings. The molecule has 30 heavy (non-hydrogen) atoms. The molecule has 0 saturated carbocycles. The van der Waals surface area contributed by atoms with Crippen molar-refractivity contribution < 1.29 is 19.7 Å². The third kappa shape index (κ3) is 5.43. The highest BCUT2D eigenvalue weighted by Gasteiger charge is 2.17. The summed E-state index contributed by atoms with van der Waals surface area (Å²) in [5, 5.41) is 19.8. The van der Waals surface area contributed by atoms with Gasteiger partial charge in [0.25, 0.3) is 0 Å². The Morgan fingerprint density at radius 3 is 2.20 bits per heavy atom. The van der Waals surface area contributed by atoms with Gasteiger partial charge in [0.05, 0.1) is 15.4 Å². The first kappa shape index (κ1) is 22.4. The predicted octanol–water partition coefficient (Wildman–Crippen LogP) is 7.05. The second-order valence-electron chi connectivity index (χ2n) is 7.40. The fraction of sp³-hybridized carbons (Fsp3) is 0.208. The number of carboxylic acid groups (broad SMARTS) is 1. The lowest BCUT2D eigenvalue weighted by atomic mass is 9.95. The number of hydrogen-bond donors (Lipinski definition) is 2. The van der Waals surface area contributed by atoms with Crippen molar-refractivity contribution in [3.63, 3.8) is 0 Å². The van der Waals surface area contributed by atoms with Crippen molar-refractivity contribution in [2.75, 3.05) is 0 Å². The Morgan fingerprint density at radius 2 is 1.63 bits per heavy atom. The molecule has 0 bridgehead atoms. The molecule has 0 amide bonds. The van der Waals surface area contributed by atoms with E-state index in [2.05, 4.69) is 31.9 Å². The average molecular weight is 534 g/mol. The van der Waals surface area contributed by atoms with E-state index in [0.717, 1.165) is 16.7 Å². The van der Waals surface area contributed by atoms with Gasteiger partial charge in [0.15, 0.2) is 5.75 Å². The number of phenols is 1. The lowest BCUT2D eigenvalue weighted by Crippen LogP contribution is -2.01. The molecule has 4 nitrogen and oxygen atoms in total. The van der Waals surface area contributed by atoms with Crippen LogP contribution in [0.4, 0.5) is 0 Å². The van der Waals surface area contributed by atoms with Crippen molar-refractivity contribution in [2.45, 2.75) is 32.6 Å². The molecular weight excluding hydrogens is 512 g/mol. The van der Waals surface area contributed by atoms with E-state index >= 15 is 0 Å². The smallest absolute Gasteiger partial charge is 0.307 e. The maximum absolute atomic E-state index is 11.0. The van der Waals surface area contributed by atoms with Gasteiger partial charge in [-0.2, -0.15) is 0 Å². The van der Waals surface area contributed by atoms with Gasteiger partial charge in [0, 0.05) is 17.5 Å². The van der Waals surface area contributed by atoms with Gasteiger partial charge in [-0.25, -0.2) is 0 Å². The molecule has 0 aromatic heterocycles. The number of aromatic hydroxyl groups is 1. The van der Waals surface area contributed by atoms with E-state index in [0.29, 0.717) is 32.4 Å². The van der Waals surface area contributed by atoms with Crippen LogP contribution in [0.5, 0.6) is 17.2 Å². The number of halogens is 2. The fourth-order valence-electron chi connectivity index (χ4n) is 3.24. The SMILES string of the molecule is CC(C)c1cc(Oc2c(Br)cc(CC(=O)O)cc2Br)cc(Cc2ccccc2)c1O. The van der Waals surface area contributed by atoms with Crippen molar-refractivity contribution in [2.24, 2.45) is 0 Å². The van der Waals surface area contributed by atoms with Crippen LogP contribution in [-0.2, 0) is 17.6 Å². The molecule has 2 N–H and O–H groups in total. The van der Waals surface area contributed by atoms with Gasteiger partial charge in [-0.05, 0) is 73.2 Å². The molecule has 0 unspecified atom stereocenters. The molecule has 3 rings (SSSR count). The normalized spacial score (nSPS) is 11.0. The number of carboxylic acids is 1. The number of ether oxygens (including phenoxy) is 1. The Kier molecular flexibility index (Phi) is 7.21. The summed E-state index contributed by atoms with van der Waals surface area (Å²) in [6.45, 7) is 4.05. The average Bonchev–Trinajstić information content (AvgIpc) is 2.67. The van der Waals surface area contributed by atoms with Crippen LogP contribution in [0, 0.1) is 0 Å². The lowest BCUT2D eigenvalue weighted by molar-refractivity contribution is -0.136. The summed E-state index contributed by atoms with van der Waals surface area (Å²) >= 11 is 6.96. The third-order valence-electron chi connectivity index (χ3n) is 4.68. The van der Waals surface area contributed by atoms with Crippen molar-refractivity contribution >= 4 is 37.8 Å². The highest BCUT2D eigenvalue weighted by atomic mass is 79.9. The minimum Gasteiger partial charge on any atom is -0.507 e. The van der Waals surface area contributed by atoms with E-state index in [4.69, 9.17) is 9.84 Å². The zero-order chi connectivity index (χ0) is 21.8. The lowest BCUT2D eigenvalue weighted by Gasteiger charge is -2.17. The molecule has 0 fully saturated rings. The first-order chi connectivity index (χ1) is 14.2. The second-order valence-corrected chi connectivity index (χ2v) is 9.11. The Bertz CT molecular complexity index is 1040. The summed E-state index contributed by atoms with van der Waals surface area (Å²) in [4.78, 5) is 11.0. The van der Waals surface area contributed by atoms with E-state index in [1.54, 1.807) is 12.1 Å². The molecule has 0 radical (unpaired) electrons.